The van der Waals surface area contributed by atoms with Crippen LogP contribution in [0, 0.1) is 0 Å². The standard InChI is InChI=1S/C14H30ClP/c1-5-9-12-16(15,8-4,13-10-6-2)14-11-7-3/h8H,4-7,9-14H2,1-3H3. The van der Waals surface area contributed by atoms with Gasteiger partial charge in [0.05, 0.1) is 0 Å². The topological polar surface area (TPSA) is 0 Å². The number of rotatable bonds is 10. The summed E-state index contributed by atoms with van der Waals surface area (Å²) in [7, 11) is 0. The molecule has 98 valence electrons. The number of hydrogen-bond donors (Lipinski definition) is 0. The first kappa shape index (κ1) is 16.5. The number of halogens is 1. The van der Waals surface area contributed by atoms with Crippen molar-refractivity contribution in [3.05, 3.63) is 12.4 Å². The molecule has 0 rings (SSSR count). The van der Waals surface area contributed by atoms with E-state index in [1.165, 1.54) is 57.0 Å². The van der Waals surface area contributed by atoms with Crippen molar-refractivity contribution >= 4 is 17.2 Å². The minimum absolute atomic E-state index is 1.22. The fourth-order valence-corrected chi connectivity index (χ4v) is 7.70. The Balaban J connectivity index is 4.68. The van der Waals surface area contributed by atoms with E-state index in [1.807, 2.05) is 0 Å². The maximum absolute atomic E-state index is 7.13. The molecule has 0 N–H and O–H groups in total. The third kappa shape index (κ3) is 5.19. The Kier molecular flexibility index (Phi) is 7.94. The normalized spacial score (nSPS) is 14.4. The Morgan fingerprint density at radius 3 is 1.38 bits per heavy atom. The van der Waals surface area contributed by atoms with Crippen molar-refractivity contribution in [3.8, 4) is 0 Å². The van der Waals surface area contributed by atoms with E-state index in [0.717, 1.165) is 0 Å². The average molecular weight is 265 g/mol. The Labute approximate surface area is 108 Å². The Hall–Kier alpha value is 0.460. The zero-order chi connectivity index (χ0) is 12.5. The summed E-state index contributed by atoms with van der Waals surface area (Å²) in [4.78, 5) is 0. The van der Waals surface area contributed by atoms with E-state index in [-0.39, 0.29) is 0 Å². The molecule has 2 heteroatoms. The van der Waals surface area contributed by atoms with Gasteiger partial charge in [0.2, 0.25) is 0 Å². The molecule has 0 nitrogen and oxygen atoms in total. The summed E-state index contributed by atoms with van der Waals surface area (Å²) in [5.41, 5.74) is 0. The quantitative estimate of drug-likeness (QED) is 0.410. The summed E-state index contributed by atoms with van der Waals surface area (Å²) in [6.45, 7) is 10.8. The molecule has 0 aromatic carbocycles. The molecule has 0 unspecified atom stereocenters. The average Bonchev–Trinajstić information content (AvgIpc) is 2.32. The summed E-state index contributed by atoms with van der Waals surface area (Å²) in [6.07, 6.45) is 11.2. The molecule has 0 amide bonds. The molecular weight excluding hydrogens is 235 g/mol. The van der Waals surface area contributed by atoms with Gasteiger partial charge in [0, 0.05) is 0 Å². The van der Waals surface area contributed by atoms with Crippen LogP contribution in [0.3, 0.4) is 0 Å². The van der Waals surface area contributed by atoms with Gasteiger partial charge >= 0.3 is 107 Å². The summed E-state index contributed by atoms with van der Waals surface area (Å²) < 4.78 is 0. The molecule has 0 heterocycles. The van der Waals surface area contributed by atoms with Crippen LogP contribution in [-0.2, 0) is 0 Å². The maximum atomic E-state index is 7.13. The van der Waals surface area contributed by atoms with Crippen molar-refractivity contribution in [3.63, 3.8) is 0 Å². The molecule has 0 fully saturated rings. The van der Waals surface area contributed by atoms with Crippen molar-refractivity contribution in [2.24, 2.45) is 0 Å². The van der Waals surface area contributed by atoms with Crippen molar-refractivity contribution in [1.82, 2.24) is 0 Å². The first-order valence-corrected chi connectivity index (χ1v) is 10.7. The van der Waals surface area contributed by atoms with Crippen LogP contribution in [0.25, 0.3) is 0 Å². The first-order valence-electron chi connectivity index (χ1n) is 6.91. The van der Waals surface area contributed by atoms with Crippen LogP contribution in [0.1, 0.15) is 59.3 Å². The molecule has 0 saturated carbocycles. The second-order valence-corrected chi connectivity index (χ2v) is 12.9. The number of hydrogen-bond acceptors (Lipinski definition) is 0. The summed E-state index contributed by atoms with van der Waals surface area (Å²) in [5.74, 6) is 0.102. The molecule has 16 heavy (non-hydrogen) atoms. The van der Waals surface area contributed by atoms with E-state index in [1.54, 1.807) is 0 Å². The summed E-state index contributed by atoms with van der Waals surface area (Å²) in [5, 5.41) is 0. The Morgan fingerprint density at radius 2 is 1.19 bits per heavy atom. The SMILES string of the molecule is C=CP(Cl)(CCCC)(CCCC)CCCC. The van der Waals surface area contributed by atoms with E-state index < -0.39 is 5.96 Å². The van der Waals surface area contributed by atoms with Crippen LogP contribution < -0.4 is 0 Å². The van der Waals surface area contributed by atoms with Crippen molar-refractivity contribution in [2.45, 2.75) is 59.3 Å². The molecular formula is C14H30ClP. The van der Waals surface area contributed by atoms with Gasteiger partial charge in [-0.3, -0.25) is 0 Å². The Morgan fingerprint density at radius 1 is 0.875 bits per heavy atom. The second-order valence-electron chi connectivity index (χ2n) is 5.09. The van der Waals surface area contributed by atoms with Gasteiger partial charge < -0.3 is 0 Å². The zero-order valence-corrected chi connectivity index (χ0v) is 13.1. The van der Waals surface area contributed by atoms with Gasteiger partial charge in [-0.15, -0.1) is 0 Å². The molecule has 0 aliphatic heterocycles. The van der Waals surface area contributed by atoms with Gasteiger partial charge in [0.15, 0.2) is 0 Å². The van der Waals surface area contributed by atoms with Crippen LogP contribution in [-0.4, -0.2) is 18.5 Å². The first-order chi connectivity index (χ1) is 7.54. The van der Waals surface area contributed by atoms with Gasteiger partial charge in [-0.2, -0.15) is 0 Å². The van der Waals surface area contributed by atoms with Gasteiger partial charge in [-0.25, -0.2) is 0 Å². The van der Waals surface area contributed by atoms with Crippen LogP contribution in [0.4, 0.5) is 0 Å². The third-order valence-corrected chi connectivity index (χ3v) is 10.6. The molecule has 0 saturated heterocycles. The molecule has 0 bridgehead atoms. The van der Waals surface area contributed by atoms with Gasteiger partial charge in [0.1, 0.15) is 0 Å². The summed E-state index contributed by atoms with van der Waals surface area (Å²) >= 11 is 7.13. The minimum atomic E-state index is -2.07. The van der Waals surface area contributed by atoms with Crippen molar-refractivity contribution in [1.29, 1.82) is 0 Å². The molecule has 0 aromatic rings. The molecule has 0 atom stereocenters. The fourth-order valence-electron chi connectivity index (χ4n) is 2.21. The monoisotopic (exact) mass is 264 g/mol. The fraction of sp³-hybridized carbons (Fsp3) is 0.857. The van der Waals surface area contributed by atoms with Crippen molar-refractivity contribution in [2.75, 3.05) is 18.5 Å². The predicted molar refractivity (Wildman–Crippen MR) is 82.3 cm³/mol. The number of unbranched alkanes of at least 4 members (excludes halogenated alkanes) is 3. The van der Waals surface area contributed by atoms with Gasteiger partial charge in [-0.05, 0) is 0 Å². The van der Waals surface area contributed by atoms with Gasteiger partial charge in [-0.1, -0.05) is 0 Å². The molecule has 0 aromatic heterocycles. The van der Waals surface area contributed by atoms with Crippen molar-refractivity contribution < 1.29 is 0 Å². The van der Waals surface area contributed by atoms with Gasteiger partial charge in [0.25, 0.3) is 0 Å². The van der Waals surface area contributed by atoms with E-state index in [0.29, 0.717) is 0 Å². The second kappa shape index (κ2) is 7.72. The van der Waals surface area contributed by atoms with E-state index in [2.05, 4.69) is 33.2 Å². The van der Waals surface area contributed by atoms with Crippen LogP contribution in [0.5, 0.6) is 0 Å². The molecule has 0 aliphatic rings. The van der Waals surface area contributed by atoms with E-state index in [4.69, 9.17) is 11.2 Å². The van der Waals surface area contributed by atoms with Crippen LogP contribution in [0.15, 0.2) is 12.4 Å². The van der Waals surface area contributed by atoms with E-state index >= 15 is 0 Å². The molecule has 0 aliphatic carbocycles. The van der Waals surface area contributed by atoms with Crippen LogP contribution >= 0.6 is 17.2 Å². The molecule has 0 radical (unpaired) electrons. The Bertz CT molecular complexity index is 176. The summed E-state index contributed by atoms with van der Waals surface area (Å²) in [6, 6.07) is 0. The predicted octanol–water partition coefficient (Wildman–Crippen LogP) is 6.24. The third-order valence-electron chi connectivity index (χ3n) is 3.58. The van der Waals surface area contributed by atoms with E-state index in [9.17, 15) is 0 Å². The molecule has 0 spiro atoms. The zero-order valence-electron chi connectivity index (χ0n) is 11.5. The van der Waals surface area contributed by atoms with Crippen LogP contribution in [0.2, 0.25) is 0 Å².